The quantitative estimate of drug-likeness (QED) is 0.481. The fraction of sp³-hybridized carbons (Fsp3) is 0.400. The molecule has 2 aliphatic rings. The van der Waals surface area contributed by atoms with E-state index in [9.17, 15) is 4.79 Å². The lowest BCUT2D eigenvalue weighted by Gasteiger charge is -2.28. The van der Waals surface area contributed by atoms with Gasteiger partial charge in [0.05, 0.1) is 12.8 Å². The van der Waals surface area contributed by atoms with E-state index in [0.717, 1.165) is 31.1 Å². The van der Waals surface area contributed by atoms with Gasteiger partial charge in [0.1, 0.15) is 17.9 Å². The lowest BCUT2D eigenvalue weighted by molar-refractivity contribution is 0.0736. The van der Waals surface area contributed by atoms with Crippen molar-refractivity contribution < 1.29 is 19.0 Å². The van der Waals surface area contributed by atoms with Crippen LogP contribution in [0.4, 0.5) is 5.69 Å². The van der Waals surface area contributed by atoms with E-state index < -0.39 is 0 Å². The number of amides is 1. The predicted octanol–water partition coefficient (Wildman–Crippen LogP) is 4.84. The van der Waals surface area contributed by atoms with Gasteiger partial charge in [0.25, 0.3) is 5.91 Å². The summed E-state index contributed by atoms with van der Waals surface area (Å²) in [5.74, 6) is 2.27. The first-order valence-electron chi connectivity index (χ1n) is 13.4. The molecule has 200 valence electrons. The van der Waals surface area contributed by atoms with Gasteiger partial charge in [0.2, 0.25) is 5.88 Å². The summed E-state index contributed by atoms with van der Waals surface area (Å²) in [5.41, 5.74) is 2.77. The topological polar surface area (TPSA) is 67.4 Å². The van der Waals surface area contributed by atoms with Crippen molar-refractivity contribution in [3.63, 3.8) is 0 Å². The third-order valence-corrected chi connectivity index (χ3v) is 7.17. The van der Waals surface area contributed by atoms with E-state index in [1.807, 2.05) is 36.1 Å². The summed E-state index contributed by atoms with van der Waals surface area (Å²) in [4.78, 5) is 24.5. The van der Waals surface area contributed by atoms with Crippen LogP contribution in [-0.2, 0) is 6.54 Å². The van der Waals surface area contributed by atoms with E-state index in [-0.39, 0.29) is 11.8 Å². The fourth-order valence-electron chi connectivity index (χ4n) is 5.08. The number of fused-ring (bicyclic) bond motifs is 2. The molecule has 1 fully saturated rings. The molecule has 0 saturated carbocycles. The highest BCUT2D eigenvalue weighted by molar-refractivity contribution is 5.96. The SMILES string of the molecule is CCN1CCN(Cc2ccc(N3CCCC3)c(OC)c2)CCOc2ccccc2Oc2ncccc2C1=O. The lowest BCUT2D eigenvalue weighted by atomic mass is 10.1. The number of carbonyl (C=O) groups is 1. The van der Waals surface area contributed by atoms with E-state index in [1.165, 1.54) is 18.4 Å². The normalized spacial score (nSPS) is 16.8. The second-order valence-electron chi connectivity index (χ2n) is 9.61. The van der Waals surface area contributed by atoms with Crippen LogP contribution in [0.2, 0.25) is 0 Å². The third-order valence-electron chi connectivity index (χ3n) is 7.17. The Hall–Kier alpha value is -3.78. The van der Waals surface area contributed by atoms with E-state index >= 15 is 0 Å². The first-order valence-corrected chi connectivity index (χ1v) is 13.4. The van der Waals surface area contributed by atoms with Crippen LogP contribution in [0.1, 0.15) is 35.7 Å². The first kappa shape index (κ1) is 25.9. The number of ether oxygens (including phenoxy) is 3. The molecule has 2 aromatic carbocycles. The lowest BCUT2D eigenvalue weighted by Crippen LogP contribution is -2.39. The predicted molar refractivity (Wildman–Crippen MR) is 148 cm³/mol. The maximum Gasteiger partial charge on any atom is 0.259 e. The molecule has 0 radical (unpaired) electrons. The number of hydrogen-bond acceptors (Lipinski definition) is 7. The van der Waals surface area contributed by atoms with Crippen LogP contribution in [0.5, 0.6) is 23.1 Å². The van der Waals surface area contributed by atoms with Gasteiger partial charge >= 0.3 is 0 Å². The van der Waals surface area contributed by atoms with E-state index in [0.29, 0.717) is 49.8 Å². The number of anilines is 1. The molecular formula is C30H36N4O4. The smallest absolute Gasteiger partial charge is 0.259 e. The molecule has 8 nitrogen and oxygen atoms in total. The van der Waals surface area contributed by atoms with Crippen molar-refractivity contribution in [1.82, 2.24) is 14.8 Å². The molecule has 0 spiro atoms. The number of carbonyl (C=O) groups excluding carboxylic acids is 1. The molecule has 1 saturated heterocycles. The zero-order valence-corrected chi connectivity index (χ0v) is 22.3. The number of nitrogens with zero attached hydrogens (tertiary/aromatic N) is 4. The Morgan fingerprint density at radius 3 is 2.55 bits per heavy atom. The second-order valence-corrected chi connectivity index (χ2v) is 9.61. The third kappa shape index (κ3) is 5.86. The molecule has 8 heteroatoms. The number of para-hydroxylation sites is 2. The summed E-state index contributed by atoms with van der Waals surface area (Å²) >= 11 is 0. The van der Waals surface area contributed by atoms with Gasteiger partial charge < -0.3 is 24.0 Å². The minimum absolute atomic E-state index is 0.0927. The van der Waals surface area contributed by atoms with Crippen LogP contribution in [0.3, 0.4) is 0 Å². The van der Waals surface area contributed by atoms with Gasteiger partial charge in [-0.25, -0.2) is 4.98 Å². The van der Waals surface area contributed by atoms with Crippen LogP contribution in [-0.4, -0.2) is 73.7 Å². The van der Waals surface area contributed by atoms with Gasteiger partial charge in [0, 0.05) is 52.0 Å². The average Bonchev–Trinajstić information content (AvgIpc) is 3.49. The van der Waals surface area contributed by atoms with E-state index in [2.05, 4.69) is 33.0 Å². The number of benzene rings is 2. The van der Waals surface area contributed by atoms with Crippen LogP contribution in [0.25, 0.3) is 0 Å². The highest BCUT2D eigenvalue weighted by Crippen LogP contribution is 2.34. The van der Waals surface area contributed by atoms with Crippen LogP contribution in [0, 0.1) is 0 Å². The minimum atomic E-state index is -0.0927. The zero-order chi connectivity index (χ0) is 26.3. The van der Waals surface area contributed by atoms with E-state index in [4.69, 9.17) is 14.2 Å². The Labute approximate surface area is 224 Å². The minimum Gasteiger partial charge on any atom is -0.495 e. The molecule has 2 aliphatic heterocycles. The van der Waals surface area contributed by atoms with Crippen LogP contribution in [0.15, 0.2) is 60.8 Å². The first-order chi connectivity index (χ1) is 18.7. The Morgan fingerprint density at radius 2 is 1.76 bits per heavy atom. The molecule has 3 aromatic rings. The second kappa shape index (κ2) is 12.2. The van der Waals surface area contributed by atoms with Gasteiger partial charge in [0.15, 0.2) is 11.5 Å². The number of rotatable bonds is 5. The molecule has 0 bridgehead atoms. The molecule has 0 aliphatic carbocycles. The Morgan fingerprint density at radius 1 is 0.947 bits per heavy atom. The number of likely N-dealkylation sites (N-methyl/N-ethyl adjacent to an activating group) is 1. The molecule has 3 heterocycles. The fourth-order valence-corrected chi connectivity index (χ4v) is 5.08. The van der Waals surface area contributed by atoms with Crippen LogP contribution < -0.4 is 19.1 Å². The number of aromatic nitrogens is 1. The van der Waals surface area contributed by atoms with Crippen molar-refractivity contribution in [2.45, 2.75) is 26.3 Å². The summed E-state index contributed by atoms with van der Waals surface area (Å²) in [6, 6.07) is 17.5. The largest absolute Gasteiger partial charge is 0.495 e. The van der Waals surface area contributed by atoms with Crippen molar-refractivity contribution in [2.75, 3.05) is 57.9 Å². The Kier molecular flexibility index (Phi) is 8.28. The summed E-state index contributed by atoms with van der Waals surface area (Å²) in [6.07, 6.45) is 4.08. The summed E-state index contributed by atoms with van der Waals surface area (Å²) < 4.78 is 18.1. The highest BCUT2D eigenvalue weighted by atomic mass is 16.5. The van der Waals surface area contributed by atoms with Crippen molar-refractivity contribution in [3.8, 4) is 23.1 Å². The molecule has 5 rings (SSSR count). The van der Waals surface area contributed by atoms with Gasteiger partial charge in [-0.15, -0.1) is 0 Å². The molecule has 0 N–H and O–H groups in total. The molecular weight excluding hydrogens is 480 g/mol. The van der Waals surface area contributed by atoms with Gasteiger partial charge in [-0.1, -0.05) is 18.2 Å². The van der Waals surface area contributed by atoms with Crippen molar-refractivity contribution in [1.29, 1.82) is 0 Å². The zero-order valence-electron chi connectivity index (χ0n) is 22.3. The van der Waals surface area contributed by atoms with Crippen molar-refractivity contribution in [2.24, 2.45) is 0 Å². The average molecular weight is 517 g/mol. The number of pyridine rings is 1. The molecule has 1 amide bonds. The standard InChI is InChI=1S/C30H36N4O4/c1-3-33-18-17-32(22-23-12-13-25(28(21-23)36-2)34-15-6-7-16-34)19-20-37-26-10-4-5-11-27(26)38-29-24(30(33)35)9-8-14-31-29/h4-5,8-14,21H,3,6-7,15-20,22H2,1-2H3. The maximum absolute atomic E-state index is 13.5. The van der Waals surface area contributed by atoms with Crippen molar-refractivity contribution >= 4 is 11.6 Å². The monoisotopic (exact) mass is 516 g/mol. The molecule has 38 heavy (non-hydrogen) atoms. The highest BCUT2D eigenvalue weighted by Gasteiger charge is 2.23. The van der Waals surface area contributed by atoms with Gasteiger partial charge in [-0.2, -0.15) is 0 Å². The maximum atomic E-state index is 13.5. The molecule has 0 unspecified atom stereocenters. The molecule has 0 atom stereocenters. The Balaban J connectivity index is 1.40. The Bertz CT molecular complexity index is 1240. The van der Waals surface area contributed by atoms with Crippen molar-refractivity contribution in [3.05, 3.63) is 71.9 Å². The molecule has 1 aromatic heterocycles. The van der Waals surface area contributed by atoms with Crippen LogP contribution >= 0.6 is 0 Å². The van der Waals surface area contributed by atoms with Gasteiger partial charge in [-0.05, 0) is 61.7 Å². The van der Waals surface area contributed by atoms with E-state index in [1.54, 1.807) is 25.4 Å². The summed E-state index contributed by atoms with van der Waals surface area (Å²) in [7, 11) is 1.74. The summed E-state index contributed by atoms with van der Waals surface area (Å²) in [6.45, 7) is 7.93. The number of methoxy groups -OCH3 is 1. The summed E-state index contributed by atoms with van der Waals surface area (Å²) in [5, 5.41) is 0. The number of hydrogen-bond donors (Lipinski definition) is 0. The van der Waals surface area contributed by atoms with Gasteiger partial charge in [-0.3, -0.25) is 9.69 Å².